The van der Waals surface area contributed by atoms with E-state index in [1.165, 1.54) is 0 Å². The van der Waals surface area contributed by atoms with Crippen molar-refractivity contribution < 1.29 is 14.7 Å². The van der Waals surface area contributed by atoms with Crippen LogP contribution >= 0.6 is 0 Å². The summed E-state index contributed by atoms with van der Waals surface area (Å²) >= 11 is 0. The second-order valence-corrected chi connectivity index (χ2v) is 5.07. The smallest absolute Gasteiger partial charge is 0.326 e. The van der Waals surface area contributed by atoms with Crippen LogP contribution in [0.2, 0.25) is 0 Å². The second-order valence-electron chi connectivity index (χ2n) is 5.07. The van der Waals surface area contributed by atoms with Crippen molar-refractivity contribution in [3.05, 3.63) is 0 Å². The van der Waals surface area contributed by atoms with E-state index in [2.05, 4.69) is 10.6 Å². The number of carbonyl (C=O) groups is 2. The molecule has 0 radical (unpaired) electrons. The highest BCUT2D eigenvalue weighted by molar-refractivity contribution is 5.87. The Bertz CT molecular complexity index is 299. The summed E-state index contributed by atoms with van der Waals surface area (Å²) in [6, 6.07) is -0.749. The maximum Gasteiger partial charge on any atom is 0.326 e. The van der Waals surface area contributed by atoms with Gasteiger partial charge in [-0.3, -0.25) is 4.79 Å². The molecule has 1 rings (SSSR count). The molecule has 1 heterocycles. The summed E-state index contributed by atoms with van der Waals surface area (Å²) in [5.41, 5.74) is -0.417. The summed E-state index contributed by atoms with van der Waals surface area (Å²) in [6.07, 6.45) is 3.78. The van der Waals surface area contributed by atoms with Crippen molar-refractivity contribution in [1.29, 1.82) is 0 Å². The van der Waals surface area contributed by atoms with Gasteiger partial charge < -0.3 is 15.7 Å². The van der Waals surface area contributed by atoms with E-state index in [1.807, 2.05) is 13.8 Å². The largest absolute Gasteiger partial charge is 0.480 e. The minimum atomic E-state index is -0.936. The number of carboxylic acid groups (broad SMARTS) is 1. The molecule has 1 aliphatic rings. The van der Waals surface area contributed by atoms with E-state index in [9.17, 15) is 9.59 Å². The van der Waals surface area contributed by atoms with E-state index in [0.717, 1.165) is 32.2 Å². The molecular formula is C13H24N2O3. The Morgan fingerprint density at radius 2 is 2.17 bits per heavy atom. The van der Waals surface area contributed by atoms with Gasteiger partial charge in [0.1, 0.15) is 6.04 Å². The molecule has 5 nitrogen and oxygen atoms in total. The molecule has 18 heavy (non-hydrogen) atoms. The van der Waals surface area contributed by atoms with E-state index in [-0.39, 0.29) is 5.91 Å². The molecule has 1 saturated heterocycles. The summed E-state index contributed by atoms with van der Waals surface area (Å²) in [7, 11) is 0. The van der Waals surface area contributed by atoms with E-state index < -0.39 is 17.4 Å². The molecule has 1 unspecified atom stereocenters. The average molecular weight is 256 g/mol. The van der Waals surface area contributed by atoms with Gasteiger partial charge in [0.25, 0.3) is 0 Å². The zero-order valence-corrected chi connectivity index (χ0v) is 11.3. The van der Waals surface area contributed by atoms with Crippen molar-refractivity contribution >= 4 is 11.9 Å². The van der Waals surface area contributed by atoms with Crippen molar-refractivity contribution in [2.75, 3.05) is 13.1 Å². The molecule has 5 heteroatoms. The van der Waals surface area contributed by atoms with E-state index in [0.29, 0.717) is 13.0 Å². The predicted molar refractivity (Wildman–Crippen MR) is 69.3 cm³/mol. The monoisotopic (exact) mass is 256 g/mol. The van der Waals surface area contributed by atoms with Gasteiger partial charge in [0, 0.05) is 6.54 Å². The van der Waals surface area contributed by atoms with Crippen molar-refractivity contribution in [1.82, 2.24) is 10.6 Å². The van der Waals surface area contributed by atoms with E-state index in [1.54, 1.807) is 0 Å². The molecule has 0 aliphatic carbocycles. The van der Waals surface area contributed by atoms with E-state index in [4.69, 9.17) is 5.11 Å². The fraction of sp³-hybridized carbons (Fsp3) is 0.846. The molecule has 0 bridgehead atoms. The van der Waals surface area contributed by atoms with Gasteiger partial charge in [-0.25, -0.2) is 4.79 Å². The molecule has 3 N–H and O–H groups in total. The van der Waals surface area contributed by atoms with Gasteiger partial charge in [0.15, 0.2) is 0 Å². The summed E-state index contributed by atoms with van der Waals surface area (Å²) < 4.78 is 0. The third-order valence-corrected chi connectivity index (χ3v) is 3.85. The fourth-order valence-electron chi connectivity index (χ4n) is 2.38. The molecule has 0 spiro atoms. The van der Waals surface area contributed by atoms with Crippen molar-refractivity contribution in [2.45, 2.75) is 52.0 Å². The maximum atomic E-state index is 12.3. The minimum Gasteiger partial charge on any atom is -0.480 e. The molecule has 0 saturated carbocycles. The lowest BCUT2D eigenvalue weighted by molar-refractivity contribution is -0.144. The molecule has 2 atom stereocenters. The van der Waals surface area contributed by atoms with Gasteiger partial charge in [0.05, 0.1) is 5.41 Å². The van der Waals surface area contributed by atoms with Crippen LogP contribution in [0.5, 0.6) is 0 Å². The highest BCUT2D eigenvalue weighted by Gasteiger charge is 2.40. The topological polar surface area (TPSA) is 78.4 Å². The quantitative estimate of drug-likeness (QED) is 0.638. The Hall–Kier alpha value is -1.10. The first kappa shape index (κ1) is 15.0. The number of carboxylic acids is 1. The lowest BCUT2D eigenvalue weighted by atomic mass is 9.83. The number of nitrogens with one attached hydrogen (secondary N) is 2. The molecule has 1 aliphatic heterocycles. The summed E-state index contributed by atoms with van der Waals surface area (Å²) in [5.74, 6) is -1.05. The van der Waals surface area contributed by atoms with Crippen LogP contribution < -0.4 is 10.6 Å². The van der Waals surface area contributed by atoms with Gasteiger partial charge in [-0.2, -0.15) is 0 Å². The van der Waals surface area contributed by atoms with Crippen molar-refractivity contribution in [3.8, 4) is 0 Å². The van der Waals surface area contributed by atoms with Crippen LogP contribution in [0.15, 0.2) is 0 Å². The van der Waals surface area contributed by atoms with Crippen LogP contribution in [0.3, 0.4) is 0 Å². The first-order chi connectivity index (χ1) is 8.55. The van der Waals surface area contributed by atoms with Crippen molar-refractivity contribution in [2.24, 2.45) is 5.41 Å². The van der Waals surface area contributed by atoms with Crippen LogP contribution in [0.25, 0.3) is 0 Å². The average Bonchev–Trinajstić information content (AvgIpc) is 2.83. The van der Waals surface area contributed by atoms with Gasteiger partial charge in [-0.15, -0.1) is 0 Å². The van der Waals surface area contributed by atoms with Crippen LogP contribution in [0.1, 0.15) is 46.0 Å². The van der Waals surface area contributed by atoms with Crippen LogP contribution in [0.4, 0.5) is 0 Å². The molecule has 0 aromatic rings. The zero-order chi connectivity index (χ0) is 13.6. The second kappa shape index (κ2) is 6.73. The Labute approximate surface area is 108 Å². The lowest BCUT2D eigenvalue weighted by Gasteiger charge is -2.27. The predicted octanol–water partition coefficient (Wildman–Crippen LogP) is 1.14. The number of hydrogen-bond acceptors (Lipinski definition) is 3. The molecule has 1 amide bonds. The summed E-state index contributed by atoms with van der Waals surface area (Å²) in [6.45, 7) is 5.47. The number of hydrogen-bond donors (Lipinski definition) is 3. The Morgan fingerprint density at radius 1 is 1.44 bits per heavy atom. The van der Waals surface area contributed by atoms with Gasteiger partial charge in [-0.1, -0.05) is 26.7 Å². The third kappa shape index (κ3) is 3.45. The first-order valence-corrected chi connectivity index (χ1v) is 6.80. The highest BCUT2D eigenvalue weighted by atomic mass is 16.4. The number of aliphatic carboxylic acids is 1. The van der Waals surface area contributed by atoms with Crippen LogP contribution in [0, 0.1) is 5.41 Å². The Morgan fingerprint density at radius 3 is 2.61 bits per heavy atom. The fourth-order valence-corrected chi connectivity index (χ4v) is 2.38. The van der Waals surface area contributed by atoms with E-state index >= 15 is 0 Å². The van der Waals surface area contributed by atoms with Gasteiger partial charge in [0.2, 0.25) is 5.91 Å². The van der Waals surface area contributed by atoms with Crippen molar-refractivity contribution in [3.63, 3.8) is 0 Å². The summed E-state index contributed by atoms with van der Waals surface area (Å²) in [5, 5.41) is 15.0. The van der Waals surface area contributed by atoms with Gasteiger partial charge in [-0.05, 0) is 25.8 Å². The normalized spacial score (nSPS) is 24.8. The summed E-state index contributed by atoms with van der Waals surface area (Å²) in [4.78, 5) is 23.4. The molecular weight excluding hydrogens is 232 g/mol. The highest BCUT2D eigenvalue weighted by Crippen LogP contribution is 2.29. The van der Waals surface area contributed by atoms with Crippen LogP contribution in [-0.4, -0.2) is 36.1 Å². The molecule has 1 fully saturated rings. The molecule has 0 aromatic heterocycles. The number of carbonyl (C=O) groups excluding carboxylic acids is 1. The number of rotatable bonds is 7. The lowest BCUT2D eigenvalue weighted by Crippen LogP contribution is -2.49. The number of unbranched alkanes of at least 4 members (excludes halogenated alkanes) is 1. The van der Waals surface area contributed by atoms with Crippen LogP contribution in [-0.2, 0) is 9.59 Å². The standard InChI is InChI=1S/C13H24N2O3/c1-3-5-6-10(11(16)17)15-12(18)13(4-2)7-8-14-9-13/h10,14H,3-9H2,1-2H3,(H,15,18)(H,16,17)/t10-,13?/m0/s1. The van der Waals surface area contributed by atoms with Gasteiger partial charge >= 0.3 is 5.97 Å². The number of amides is 1. The Balaban J connectivity index is 2.62. The SMILES string of the molecule is CCCC[C@H](NC(=O)C1(CC)CCNC1)C(=O)O. The molecule has 104 valence electrons. The molecule has 0 aromatic carbocycles. The maximum absolute atomic E-state index is 12.3. The zero-order valence-electron chi connectivity index (χ0n) is 11.3. The first-order valence-electron chi connectivity index (χ1n) is 6.80. The third-order valence-electron chi connectivity index (χ3n) is 3.85. The Kier molecular flexibility index (Phi) is 5.59. The minimum absolute atomic E-state index is 0.112.